The fourth-order valence-electron chi connectivity index (χ4n) is 2.14. The van der Waals surface area contributed by atoms with E-state index in [0.717, 1.165) is 5.56 Å². The van der Waals surface area contributed by atoms with Crippen LogP contribution in [-0.4, -0.2) is 30.9 Å². The molecule has 1 unspecified atom stereocenters. The summed E-state index contributed by atoms with van der Waals surface area (Å²) in [6.45, 7) is 2.24. The van der Waals surface area contributed by atoms with Gasteiger partial charge < -0.3 is 9.64 Å². The number of benzene rings is 1. The van der Waals surface area contributed by atoms with Crippen LogP contribution >= 0.6 is 11.6 Å². The number of alkyl halides is 1. The first-order valence-corrected chi connectivity index (χ1v) is 6.10. The number of hydrogen-bond acceptors (Lipinski definition) is 3. The highest BCUT2D eigenvalue weighted by Gasteiger charge is 2.32. The summed E-state index contributed by atoms with van der Waals surface area (Å²) in [4.78, 5) is 25.2. The van der Waals surface area contributed by atoms with Crippen molar-refractivity contribution in [3.8, 4) is 0 Å². The average Bonchev–Trinajstić information content (AvgIpc) is 2.67. The van der Waals surface area contributed by atoms with Crippen molar-refractivity contribution in [2.75, 3.05) is 18.6 Å². The van der Waals surface area contributed by atoms with Gasteiger partial charge in [-0.15, -0.1) is 11.6 Å². The molecule has 0 aromatic heterocycles. The number of anilines is 1. The van der Waals surface area contributed by atoms with Crippen molar-refractivity contribution >= 4 is 29.2 Å². The molecule has 1 aliphatic heterocycles. The Kier molecular flexibility index (Phi) is 3.57. The Morgan fingerprint density at radius 1 is 1.50 bits per heavy atom. The van der Waals surface area contributed by atoms with Crippen LogP contribution in [0.5, 0.6) is 0 Å². The summed E-state index contributed by atoms with van der Waals surface area (Å²) in [5.41, 5.74) is 1.79. The topological polar surface area (TPSA) is 46.6 Å². The molecule has 1 heterocycles. The van der Waals surface area contributed by atoms with Gasteiger partial charge >= 0.3 is 5.97 Å². The van der Waals surface area contributed by atoms with E-state index in [0.29, 0.717) is 24.2 Å². The number of esters is 1. The first-order valence-electron chi connectivity index (χ1n) is 5.67. The van der Waals surface area contributed by atoms with Gasteiger partial charge in [-0.05, 0) is 18.6 Å². The molecule has 0 spiro atoms. The second kappa shape index (κ2) is 4.98. The first-order chi connectivity index (χ1) is 8.54. The second-order valence-corrected chi connectivity index (χ2v) is 4.88. The minimum absolute atomic E-state index is 0.0641. The van der Waals surface area contributed by atoms with Crippen LogP contribution in [0.15, 0.2) is 18.2 Å². The van der Waals surface area contributed by atoms with Gasteiger partial charge in [0.1, 0.15) is 0 Å². The molecule has 4 nitrogen and oxygen atoms in total. The molecule has 2 rings (SSSR count). The van der Waals surface area contributed by atoms with Crippen molar-refractivity contribution in [3.05, 3.63) is 29.3 Å². The SMILES string of the molecule is COC(=O)c1c(C)cccc1N1CC(Cl)CC1=O. The van der Waals surface area contributed by atoms with Gasteiger partial charge in [0, 0.05) is 13.0 Å². The van der Waals surface area contributed by atoms with Gasteiger partial charge in [-0.1, -0.05) is 12.1 Å². The standard InChI is InChI=1S/C13H14ClNO3/c1-8-4-3-5-10(12(8)13(17)18-2)15-7-9(14)6-11(15)16/h3-5,9H,6-7H2,1-2H3. The number of ether oxygens (including phenoxy) is 1. The van der Waals surface area contributed by atoms with E-state index in [9.17, 15) is 9.59 Å². The highest BCUT2D eigenvalue weighted by Crippen LogP contribution is 2.29. The number of nitrogens with zero attached hydrogens (tertiary/aromatic N) is 1. The van der Waals surface area contributed by atoms with Crippen LogP contribution < -0.4 is 4.90 Å². The summed E-state index contributed by atoms with van der Waals surface area (Å²) in [6.07, 6.45) is 0.302. The van der Waals surface area contributed by atoms with Crippen LogP contribution in [0.25, 0.3) is 0 Å². The maximum atomic E-state index is 11.8. The molecule has 0 aliphatic carbocycles. The third-order valence-electron chi connectivity index (χ3n) is 3.01. The van der Waals surface area contributed by atoms with Crippen LogP contribution in [0.4, 0.5) is 5.69 Å². The van der Waals surface area contributed by atoms with Crippen molar-refractivity contribution in [1.29, 1.82) is 0 Å². The number of amides is 1. The van der Waals surface area contributed by atoms with Gasteiger partial charge in [0.15, 0.2) is 0 Å². The van der Waals surface area contributed by atoms with E-state index < -0.39 is 5.97 Å². The minimum Gasteiger partial charge on any atom is -0.465 e. The largest absolute Gasteiger partial charge is 0.465 e. The number of rotatable bonds is 2. The summed E-state index contributed by atoms with van der Waals surface area (Å²) in [5, 5.41) is -0.205. The lowest BCUT2D eigenvalue weighted by atomic mass is 10.1. The van der Waals surface area contributed by atoms with Gasteiger partial charge in [0.05, 0.1) is 23.7 Å². The maximum Gasteiger partial charge on any atom is 0.340 e. The molecule has 0 radical (unpaired) electrons. The second-order valence-electron chi connectivity index (χ2n) is 4.27. The van der Waals surface area contributed by atoms with E-state index >= 15 is 0 Å². The Hall–Kier alpha value is -1.55. The molecule has 0 bridgehead atoms. The van der Waals surface area contributed by atoms with E-state index in [-0.39, 0.29) is 11.3 Å². The molecule has 96 valence electrons. The number of hydrogen-bond donors (Lipinski definition) is 0. The Bertz CT molecular complexity index is 501. The predicted octanol–water partition coefficient (Wildman–Crippen LogP) is 2.13. The maximum absolute atomic E-state index is 11.8. The van der Waals surface area contributed by atoms with Gasteiger partial charge in [-0.2, -0.15) is 0 Å². The van der Waals surface area contributed by atoms with Crippen LogP contribution in [0, 0.1) is 6.92 Å². The summed E-state index contributed by atoms with van der Waals surface area (Å²) in [7, 11) is 1.33. The molecule has 5 heteroatoms. The van der Waals surface area contributed by atoms with Crippen molar-refractivity contribution < 1.29 is 14.3 Å². The summed E-state index contributed by atoms with van der Waals surface area (Å²) in [5.74, 6) is -0.500. The highest BCUT2D eigenvalue weighted by atomic mass is 35.5. The quantitative estimate of drug-likeness (QED) is 0.609. The number of aryl methyl sites for hydroxylation is 1. The van der Waals surface area contributed by atoms with Gasteiger partial charge in [0.25, 0.3) is 0 Å². The molecular formula is C13H14ClNO3. The third kappa shape index (κ3) is 2.20. The van der Waals surface area contributed by atoms with Crippen LogP contribution in [0.2, 0.25) is 0 Å². The minimum atomic E-state index is -0.436. The van der Waals surface area contributed by atoms with E-state index in [1.54, 1.807) is 11.0 Å². The zero-order valence-electron chi connectivity index (χ0n) is 10.3. The lowest BCUT2D eigenvalue weighted by molar-refractivity contribution is -0.117. The summed E-state index contributed by atoms with van der Waals surface area (Å²) < 4.78 is 4.77. The van der Waals surface area contributed by atoms with Crippen molar-refractivity contribution in [2.24, 2.45) is 0 Å². The van der Waals surface area contributed by atoms with Gasteiger partial charge in [-0.3, -0.25) is 4.79 Å². The predicted molar refractivity (Wildman–Crippen MR) is 69.1 cm³/mol. The lowest BCUT2D eigenvalue weighted by Crippen LogP contribution is -2.27. The number of halogens is 1. The summed E-state index contributed by atoms with van der Waals surface area (Å²) in [6, 6.07) is 5.37. The van der Waals surface area contributed by atoms with E-state index in [1.165, 1.54) is 7.11 Å². The molecule has 1 saturated heterocycles. The van der Waals surface area contributed by atoms with Gasteiger partial charge in [0.2, 0.25) is 5.91 Å². The van der Waals surface area contributed by atoms with Crippen LogP contribution in [0.1, 0.15) is 22.3 Å². The number of carbonyl (C=O) groups is 2. The van der Waals surface area contributed by atoms with E-state index in [4.69, 9.17) is 16.3 Å². The van der Waals surface area contributed by atoms with Crippen molar-refractivity contribution in [2.45, 2.75) is 18.7 Å². The van der Waals surface area contributed by atoms with E-state index in [2.05, 4.69) is 0 Å². The molecule has 1 atom stereocenters. The monoisotopic (exact) mass is 267 g/mol. The molecule has 1 aromatic carbocycles. The van der Waals surface area contributed by atoms with Gasteiger partial charge in [-0.25, -0.2) is 4.79 Å². The van der Waals surface area contributed by atoms with Crippen LogP contribution in [0.3, 0.4) is 0 Å². The lowest BCUT2D eigenvalue weighted by Gasteiger charge is -2.20. The molecule has 1 aromatic rings. The normalized spacial score (nSPS) is 19.2. The highest BCUT2D eigenvalue weighted by molar-refractivity contribution is 6.24. The average molecular weight is 268 g/mol. The number of carbonyl (C=O) groups excluding carboxylic acids is 2. The molecular weight excluding hydrogens is 254 g/mol. The Labute approximate surface area is 110 Å². The van der Waals surface area contributed by atoms with E-state index in [1.807, 2.05) is 19.1 Å². The fourth-order valence-corrected chi connectivity index (χ4v) is 2.41. The molecule has 1 amide bonds. The first kappa shape index (κ1) is 12.9. The molecule has 1 fully saturated rings. The smallest absolute Gasteiger partial charge is 0.340 e. The molecule has 1 aliphatic rings. The molecule has 0 saturated carbocycles. The Morgan fingerprint density at radius 3 is 2.78 bits per heavy atom. The van der Waals surface area contributed by atoms with Crippen molar-refractivity contribution in [1.82, 2.24) is 0 Å². The molecule has 0 N–H and O–H groups in total. The zero-order chi connectivity index (χ0) is 13.3. The summed E-state index contributed by atoms with van der Waals surface area (Å²) >= 11 is 5.98. The van der Waals surface area contributed by atoms with Crippen molar-refractivity contribution in [3.63, 3.8) is 0 Å². The van der Waals surface area contributed by atoms with Crippen LogP contribution in [-0.2, 0) is 9.53 Å². The Morgan fingerprint density at radius 2 is 2.22 bits per heavy atom. The fraction of sp³-hybridized carbons (Fsp3) is 0.385. The zero-order valence-corrected chi connectivity index (χ0v) is 11.0. The molecule has 18 heavy (non-hydrogen) atoms. The number of methoxy groups -OCH3 is 1. The Balaban J connectivity index is 2.48. The third-order valence-corrected chi connectivity index (χ3v) is 3.30.